The molecule has 31 heavy (non-hydrogen) atoms. The molecular weight excluding hydrogens is 386 g/mol. The van der Waals surface area contributed by atoms with Gasteiger partial charge in [0, 0.05) is 11.7 Å². The Bertz CT molecular complexity index is 1210. The molecule has 0 N–H and O–H groups in total. The van der Waals surface area contributed by atoms with Crippen molar-refractivity contribution in [2.75, 3.05) is 7.11 Å². The van der Waals surface area contributed by atoms with E-state index in [9.17, 15) is 4.79 Å². The van der Waals surface area contributed by atoms with Crippen LogP contribution in [0.15, 0.2) is 72.8 Å². The summed E-state index contributed by atoms with van der Waals surface area (Å²) in [6.07, 6.45) is 0. The summed E-state index contributed by atoms with van der Waals surface area (Å²) in [5.41, 5.74) is 4.71. The van der Waals surface area contributed by atoms with E-state index < -0.39 is 0 Å². The molecule has 0 atom stereocenters. The van der Waals surface area contributed by atoms with E-state index in [2.05, 4.69) is 41.8 Å². The molecule has 1 aromatic heterocycles. The fourth-order valence-electron chi connectivity index (χ4n) is 3.78. The van der Waals surface area contributed by atoms with Gasteiger partial charge in [0.2, 0.25) is 0 Å². The first-order valence-electron chi connectivity index (χ1n) is 10.5. The van der Waals surface area contributed by atoms with Gasteiger partial charge in [0.15, 0.2) is 0 Å². The highest BCUT2D eigenvalue weighted by atomic mass is 16.5. The van der Waals surface area contributed by atoms with Crippen molar-refractivity contribution in [1.82, 2.24) is 14.5 Å². The van der Waals surface area contributed by atoms with Gasteiger partial charge < -0.3 is 9.64 Å². The van der Waals surface area contributed by atoms with Crippen LogP contribution in [0.2, 0.25) is 0 Å². The van der Waals surface area contributed by atoms with Crippen LogP contribution in [-0.2, 0) is 6.54 Å². The van der Waals surface area contributed by atoms with Crippen molar-refractivity contribution in [1.29, 1.82) is 0 Å². The molecule has 0 saturated carbocycles. The zero-order valence-corrected chi connectivity index (χ0v) is 18.4. The van der Waals surface area contributed by atoms with Crippen molar-refractivity contribution in [3.63, 3.8) is 0 Å². The van der Waals surface area contributed by atoms with E-state index >= 15 is 0 Å². The number of carbonyl (C=O) groups excluding carboxylic acids is 1. The van der Waals surface area contributed by atoms with Crippen molar-refractivity contribution < 1.29 is 9.53 Å². The first-order chi connectivity index (χ1) is 15.0. The number of aromatic nitrogens is 2. The minimum Gasteiger partial charge on any atom is -0.496 e. The minimum atomic E-state index is -0.0741. The molecular formula is C26H27N3O2. The molecule has 0 aliphatic rings. The number of rotatable bonds is 6. The number of nitrogens with zero attached hydrogens (tertiary/aromatic N) is 3. The van der Waals surface area contributed by atoms with Crippen LogP contribution < -0.4 is 4.74 Å². The predicted molar refractivity (Wildman–Crippen MR) is 124 cm³/mol. The quantitative estimate of drug-likeness (QED) is 0.426. The van der Waals surface area contributed by atoms with Crippen LogP contribution in [0.25, 0.3) is 16.7 Å². The van der Waals surface area contributed by atoms with Crippen LogP contribution >= 0.6 is 0 Å². The van der Waals surface area contributed by atoms with Crippen LogP contribution in [0.4, 0.5) is 0 Å². The maximum atomic E-state index is 13.5. The first kappa shape index (κ1) is 20.7. The molecule has 0 fully saturated rings. The average molecular weight is 414 g/mol. The molecule has 5 heteroatoms. The molecule has 3 aromatic carbocycles. The number of methoxy groups -OCH3 is 1. The Balaban J connectivity index is 1.79. The van der Waals surface area contributed by atoms with Crippen molar-refractivity contribution in [2.24, 2.45) is 0 Å². The van der Waals surface area contributed by atoms with Crippen LogP contribution in [0.1, 0.15) is 35.6 Å². The van der Waals surface area contributed by atoms with E-state index in [4.69, 9.17) is 9.72 Å². The number of carbonyl (C=O) groups is 1. The van der Waals surface area contributed by atoms with E-state index in [0.29, 0.717) is 17.9 Å². The topological polar surface area (TPSA) is 47.4 Å². The minimum absolute atomic E-state index is 0.0105. The smallest absolute Gasteiger partial charge is 0.258 e. The lowest BCUT2D eigenvalue weighted by Gasteiger charge is -2.27. The summed E-state index contributed by atoms with van der Waals surface area (Å²) < 4.78 is 7.57. The Morgan fingerprint density at radius 2 is 1.68 bits per heavy atom. The largest absolute Gasteiger partial charge is 0.496 e. The van der Waals surface area contributed by atoms with Gasteiger partial charge in [-0.05, 0) is 57.2 Å². The molecule has 0 spiro atoms. The first-order valence-corrected chi connectivity index (χ1v) is 10.5. The molecule has 0 aliphatic carbocycles. The lowest BCUT2D eigenvalue weighted by Crippen LogP contribution is -2.37. The molecule has 0 saturated heterocycles. The summed E-state index contributed by atoms with van der Waals surface area (Å²) in [4.78, 5) is 20.2. The third kappa shape index (κ3) is 4.04. The number of benzene rings is 3. The average Bonchev–Trinajstić information content (AvgIpc) is 3.15. The number of amides is 1. The van der Waals surface area contributed by atoms with E-state index in [-0.39, 0.29) is 11.9 Å². The van der Waals surface area contributed by atoms with Gasteiger partial charge in [0.1, 0.15) is 11.6 Å². The monoisotopic (exact) mass is 413 g/mol. The molecule has 5 nitrogen and oxygen atoms in total. The maximum Gasteiger partial charge on any atom is 0.258 e. The fourth-order valence-corrected chi connectivity index (χ4v) is 3.78. The second-order valence-electron chi connectivity index (χ2n) is 7.91. The maximum absolute atomic E-state index is 13.5. The molecule has 1 heterocycles. The van der Waals surface area contributed by atoms with Gasteiger partial charge >= 0.3 is 0 Å². The third-order valence-corrected chi connectivity index (χ3v) is 5.46. The highest BCUT2D eigenvalue weighted by Gasteiger charge is 2.24. The van der Waals surface area contributed by atoms with Crippen LogP contribution in [-0.4, -0.2) is 33.5 Å². The summed E-state index contributed by atoms with van der Waals surface area (Å²) in [6.45, 7) is 6.50. The number of imidazole rings is 1. The van der Waals surface area contributed by atoms with Crippen LogP contribution in [0.3, 0.4) is 0 Å². The number of fused-ring (bicyclic) bond motifs is 1. The Kier molecular flexibility index (Phi) is 5.76. The van der Waals surface area contributed by atoms with Crippen molar-refractivity contribution in [3.05, 3.63) is 89.7 Å². The highest BCUT2D eigenvalue weighted by molar-refractivity contribution is 5.97. The van der Waals surface area contributed by atoms with E-state index in [1.807, 2.05) is 55.1 Å². The second-order valence-corrected chi connectivity index (χ2v) is 7.91. The number of hydrogen-bond donors (Lipinski definition) is 0. The summed E-state index contributed by atoms with van der Waals surface area (Å²) in [7, 11) is 1.59. The normalized spacial score (nSPS) is 11.1. The van der Waals surface area contributed by atoms with Crippen LogP contribution in [0, 0.1) is 6.92 Å². The summed E-state index contributed by atoms with van der Waals surface area (Å²) >= 11 is 0. The van der Waals surface area contributed by atoms with Crippen LogP contribution in [0.5, 0.6) is 5.75 Å². The van der Waals surface area contributed by atoms with E-state index in [0.717, 1.165) is 22.5 Å². The van der Waals surface area contributed by atoms with Gasteiger partial charge in [-0.2, -0.15) is 0 Å². The molecule has 0 radical (unpaired) electrons. The summed E-state index contributed by atoms with van der Waals surface area (Å²) in [6, 6.07) is 23.8. The summed E-state index contributed by atoms with van der Waals surface area (Å²) in [5, 5.41) is 0. The lowest BCUT2D eigenvalue weighted by atomic mass is 10.1. The number of hydrogen-bond acceptors (Lipinski definition) is 3. The van der Waals surface area contributed by atoms with Gasteiger partial charge in [-0.3, -0.25) is 9.36 Å². The number of ether oxygens (including phenoxy) is 1. The molecule has 0 unspecified atom stereocenters. The molecule has 4 rings (SSSR count). The molecule has 4 aromatic rings. The van der Waals surface area contributed by atoms with E-state index in [1.54, 1.807) is 13.2 Å². The molecule has 158 valence electrons. The zero-order valence-electron chi connectivity index (χ0n) is 18.4. The lowest BCUT2D eigenvalue weighted by molar-refractivity contribution is 0.0681. The second kappa shape index (κ2) is 8.64. The van der Waals surface area contributed by atoms with Crippen molar-refractivity contribution in [3.8, 4) is 11.4 Å². The third-order valence-electron chi connectivity index (χ3n) is 5.46. The Morgan fingerprint density at radius 3 is 2.39 bits per heavy atom. The highest BCUT2D eigenvalue weighted by Crippen LogP contribution is 2.26. The standard InChI is InChI=1S/C26H27N3O2/c1-18(2)28(26(30)21-9-5-8-12-24(21)31-4)17-25-27-22-10-6-7-11-23(22)29(25)20-15-13-19(3)14-16-20/h5-16,18H,17H2,1-4H3. The van der Waals surface area contributed by atoms with E-state index in [1.165, 1.54) is 5.56 Å². The summed E-state index contributed by atoms with van der Waals surface area (Å²) in [5.74, 6) is 1.32. The number of para-hydroxylation sites is 3. The van der Waals surface area contributed by atoms with Gasteiger partial charge in [0.25, 0.3) is 5.91 Å². The van der Waals surface area contributed by atoms with Gasteiger partial charge in [-0.1, -0.05) is 42.0 Å². The zero-order chi connectivity index (χ0) is 22.0. The molecule has 1 amide bonds. The Morgan fingerprint density at radius 1 is 1.00 bits per heavy atom. The van der Waals surface area contributed by atoms with Gasteiger partial charge in [-0.25, -0.2) is 4.98 Å². The SMILES string of the molecule is COc1ccccc1C(=O)N(Cc1nc2ccccc2n1-c1ccc(C)cc1)C(C)C. The fraction of sp³-hybridized carbons (Fsp3) is 0.231. The van der Waals surface area contributed by atoms with Gasteiger partial charge in [0.05, 0.1) is 30.3 Å². The molecule has 0 aliphatic heterocycles. The van der Waals surface area contributed by atoms with Gasteiger partial charge in [-0.15, -0.1) is 0 Å². The Labute approximate surface area is 182 Å². The Hall–Kier alpha value is -3.60. The number of aryl methyl sites for hydroxylation is 1. The van der Waals surface area contributed by atoms with Crippen molar-refractivity contribution in [2.45, 2.75) is 33.4 Å². The predicted octanol–water partition coefficient (Wildman–Crippen LogP) is 5.39. The molecule has 0 bridgehead atoms. The van der Waals surface area contributed by atoms with Crippen molar-refractivity contribution >= 4 is 16.9 Å².